The molecule has 1 aliphatic rings. The van der Waals surface area contributed by atoms with Gasteiger partial charge in [-0.2, -0.15) is 0 Å². The molecule has 1 fully saturated rings. The number of nitrogens with zero attached hydrogens (tertiary/aromatic N) is 1. The van der Waals surface area contributed by atoms with Crippen LogP contribution >= 0.6 is 0 Å². The molecule has 1 rings (SSSR count). The molecule has 2 amide bonds. The van der Waals surface area contributed by atoms with Crippen molar-refractivity contribution in [3.8, 4) is 0 Å². The molecule has 0 saturated carbocycles. The van der Waals surface area contributed by atoms with Crippen molar-refractivity contribution in [2.75, 3.05) is 39.4 Å². The molecule has 0 spiro atoms. The van der Waals surface area contributed by atoms with Crippen LogP contribution in [0.2, 0.25) is 0 Å². The molecule has 0 aliphatic carbocycles. The van der Waals surface area contributed by atoms with Crippen LogP contribution in [0, 0.1) is 0 Å². The zero-order valence-electron chi connectivity index (χ0n) is 10.5. The van der Waals surface area contributed by atoms with Gasteiger partial charge < -0.3 is 15.4 Å². The van der Waals surface area contributed by atoms with Crippen LogP contribution in [-0.4, -0.2) is 62.1 Å². The second kappa shape index (κ2) is 7.24. The molecule has 0 radical (unpaired) electrons. The fourth-order valence-corrected chi connectivity index (χ4v) is 1.56. The number of amides is 2. The molecular formula is C11H21N3O3. The fraction of sp³-hybridized carbons (Fsp3) is 0.818. The number of carbonyl (C=O) groups excluding carboxylic acids is 2. The molecule has 17 heavy (non-hydrogen) atoms. The molecule has 0 aromatic carbocycles. The van der Waals surface area contributed by atoms with Gasteiger partial charge in [-0.3, -0.25) is 14.5 Å². The minimum absolute atomic E-state index is 0.0208. The van der Waals surface area contributed by atoms with E-state index in [0.717, 1.165) is 32.8 Å². The third-order valence-corrected chi connectivity index (χ3v) is 2.44. The maximum Gasteiger partial charge on any atom is 0.309 e. The highest BCUT2D eigenvalue weighted by Crippen LogP contribution is 1.94. The Balaban J connectivity index is 2.12. The molecule has 98 valence electrons. The van der Waals surface area contributed by atoms with Crippen LogP contribution in [0.4, 0.5) is 0 Å². The minimum atomic E-state index is -0.568. The van der Waals surface area contributed by atoms with Crippen molar-refractivity contribution < 1.29 is 14.3 Å². The quantitative estimate of drug-likeness (QED) is 0.619. The first-order valence-electron chi connectivity index (χ1n) is 5.98. The summed E-state index contributed by atoms with van der Waals surface area (Å²) in [4.78, 5) is 24.8. The highest BCUT2D eigenvalue weighted by atomic mass is 16.5. The van der Waals surface area contributed by atoms with Gasteiger partial charge in [-0.15, -0.1) is 0 Å². The Morgan fingerprint density at radius 2 is 1.88 bits per heavy atom. The topological polar surface area (TPSA) is 70.7 Å². The van der Waals surface area contributed by atoms with Gasteiger partial charge in [0.05, 0.1) is 13.2 Å². The van der Waals surface area contributed by atoms with E-state index in [4.69, 9.17) is 4.74 Å². The summed E-state index contributed by atoms with van der Waals surface area (Å²) in [5, 5.41) is 5.15. The standard InChI is InChI=1S/C11H21N3O3/c1-9(2)13-11(16)10(15)12-3-4-14-5-7-17-8-6-14/h9H,3-8H2,1-2H3,(H,12,15)(H,13,16). The SMILES string of the molecule is CC(C)NC(=O)C(=O)NCCN1CCOCC1. The third-order valence-electron chi connectivity index (χ3n) is 2.44. The van der Waals surface area contributed by atoms with Crippen LogP contribution in [0.3, 0.4) is 0 Å². The lowest BCUT2D eigenvalue weighted by molar-refractivity contribution is -0.139. The Morgan fingerprint density at radius 1 is 1.24 bits per heavy atom. The second-order valence-corrected chi connectivity index (χ2v) is 4.34. The van der Waals surface area contributed by atoms with Crippen molar-refractivity contribution in [1.82, 2.24) is 15.5 Å². The fourth-order valence-electron chi connectivity index (χ4n) is 1.56. The number of carbonyl (C=O) groups is 2. The molecular weight excluding hydrogens is 222 g/mol. The zero-order chi connectivity index (χ0) is 12.7. The summed E-state index contributed by atoms with van der Waals surface area (Å²) in [5.74, 6) is -1.13. The molecule has 1 saturated heterocycles. The van der Waals surface area contributed by atoms with E-state index in [9.17, 15) is 9.59 Å². The summed E-state index contributed by atoms with van der Waals surface area (Å²) in [6.45, 7) is 8.12. The first kappa shape index (κ1) is 13.9. The predicted octanol–water partition coefficient (Wildman–Crippen LogP) is -1.04. The number of hydrogen-bond acceptors (Lipinski definition) is 4. The zero-order valence-corrected chi connectivity index (χ0v) is 10.5. The molecule has 6 heteroatoms. The summed E-state index contributed by atoms with van der Waals surface area (Å²) in [6, 6.07) is -0.0208. The third kappa shape index (κ3) is 5.65. The van der Waals surface area contributed by atoms with Crippen molar-refractivity contribution in [3.05, 3.63) is 0 Å². The van der Waals surface area contributed by atoms with Crippen LogP contribution in [-0.2, 0) is 14.3 Å². The average Bonchev–Trinajstić information content (AvgIpc) is 2.29. The van der Waals surface area contributed by atoms with E-state index in [2.05, 4.69) is 15.5 Å². The van der Waals surface area contributed by atoms with Crippen molar-refractivity contribution in [2.24, 2.45) is 0 Å². The molecule has 0 atom stereocenters. The van der Waals surface area contributed by atoms with Crippen molar-refractivity contribution in [3.63, 3.8) is 0 Å². The predicted molar refractivity (Wildman–Crippen MR) is 63.5 cm³/mol. The molecule has 6 nitrogen and oxygen atoms in total. The monoisotopic (exact) mass is 243 g/mol. The lowest BCUT2D eigenvalue weighted by Gasteiger charge is -2.26. The Hall–Kier alpha value is -1.14. The van der Waals surface area contributed by atoms with E-state index < -0.39 is 11.8 Å². The summed E-state index contributed by atoms with van der Waals surface area (Å²) in [5.41, 5.74) is 0. The molecule has 2 N–H and O–H groups in total. The Kier molecular flexibility index (Phi) is 5.93. The molecule has 0 bridgehead atoms. The highest BCUT2D eigenvalue weighted by molar-refractivity contribution is 6.35. The van der Waals surface area contributed by atoms with Crippen LogP contribution < -0.4 is 10.6 Å². The Morgan fingerprint density at radius 3 is 2.47 bits per heavy atom. The summed E-state index contributed by atoms with van der Waals surface area (Å²) in [7, 11) is 0. The largest absolute Gasteiger partial charge is 0.379 e. The van der Waals surface area contributed by atoms with E-state index in [1.807, 2.05) is 13.8 Å². The van der Waals surface area contributed by atoms with Crippen molar-refractivity contribution in [1.29, 1.82) is 0 Å². The van der Waals surface area contributed by atoms with Crippen LogP contribution in [0.25, 0.3) is 0 Å². The van der Waals surface area contributed by atoms with E-state index in [0.29, 0.717) is 6.54 Å². The normalized spacial score (nSPS) is 16.9. The van der Waals surface area contributed by atoms with Crippen LogP contribution in [0.1, 0.15) is 13.8 Å². The smallest absolute Gasteiger partial charge is 0.309 e. The van der Waals surface area contributed by atoms with Gasteiger partial charge >= 0.3 is 11.8 Å². The second-order valence-electron chi connectivity index (χ2n) is 4.34. The first-order valence-corrected chi connectivity index (χ1v) is 5.98. The first-order chi connectivity index (χ1) is 8.09. The van der Waals surface area contributed by atoms with Crippen molar-refractivity contribution in [2.45, 2.75) is 19.9 Å². The Bertz CT molecular complexity index is 263. The molecule has 0 unspecified atom stereocenters. The van der Waals surface area contributed by atoms with E-state index in [-0.39, 0.29) is 6.04 Å². The Labute approximate surface area is 102 Å². The maximum absolute atomic E-state index is 11.4. The van der Waals surface area contributed by atoms with Gasteiger partial charge in [0.1, 0.15) is 0 Å². The molecule has 1 aliphatic heterocycles. The van der Waals surface area contributed by atoms with Gasteiger partial charge in [0.25, 0.3) is 0 Å². The van der Waals surface area contributed by atoms with E-state index in [1.54, 1.807) is 0 Å². The van der Waals surface area contributed by atoms with Crippen molar-refractivity contribution >= 4 is 11.8 Å². The van der Waals surface area contributed by atoms with Gasteiger partial charge in [0.15, 0.2) is 0 Å². The molecule has 0 aromatic rings. The van der Waals surface area contributed by atoms with Crippen LogP contribution in [0.15, 0.2) is 0 Å². The highest BCUT2D eigenvalue weighted by Gasteiger charge is 2.14. The minimum Gasteiger partial charge on any atom is -0.379 e. The number of rotatable bonds is 4. The van der Waals surface area contributed by atoms with Gasteiger partial charge in [0, 0.05) is 32.2 Å². The van der Waals surface area contributed by atoms with E-state index >= 15 is 0 Å². The lowest BCUT2D eigenvalue weighted by Crippen LogP contribution is -2.46. The molecule has 1 heterocycles. The number of ether oxygens (including phenoxy) is 1. The number of hydrogen-bond donors (Lipinski definition) is 2. The summed E-state index contributed by atoms with van der Waals surface area (Å²) < 4.78 is 5.22. The summed E-state index contributed by atoms with van der Waals surface area (Å²) in [6.07, 6.45) is 0. The summed E-state index contributed by atoms with van der Waals surface area (Å²) >= 11 is 0. The van der Waals surface area contributed by atoms with Gasteiger partial charge in [-0.05, 0) is 13.8 Å². The average molecular weight is 243 g/mol. The number of nitrogens with one attached hydrogen (secondary N) is 2. The van der Waals surface area contributed by atoms with Gasteiger partial charge in [-0.25, -0.2) is 0 Å². The van der Waals surface area contributed by atoms with Gasteiger partial charge in [-0.1, -0.05) is 0 Å². The maximum atomic E-state index is 11.4. The molecule has 0 aromatic heterocycles. The van der Waals surface area contributed by atoms with Gasteiger partial charge in [0.2, 0.25) is 0 Å². The van der Waals surface area contributed by atoms with Crippen LogP contribution in [0.5, 0.6) is 0 Å². The number of morpholine rings is 1. The van der Waals surface area contributed by atoms with E-state index in [1.165, 1.54) is 0 Å². The lowest BCUT2D eigenvalue weighted by atomic mass is 10.3.